The lowest BCUT2D eigenvalue weighted by Gasteiger charge is -2.17. The Morgan fingerprint density at radius 2 is 1.81 bits per heavy atom. The van der Waals surface area contributed by atoms with Crippen molar-refractivity contribution >= 4 is 50.1 Å². The van der Waals surface area contributed by atoms with Crippen LogP contribution in [0.15, 0.2) is 36.4 Å². The Morgan fingerprint density at radius 1 is 1.11 bits per heavy atom. The Kier molecular flexibility index (Phi) is 4.83. The van der Waals surface area contributed by atoms with E-state index in [1.54, 1.807) is 30.3 Å². The third-order valence-electron chi connectivity index (χ3n) is 3.81. The predicted molar refractivity (Wildman–Crippen MR) is 103 cm³/mol. The van der Waals surface area contributed by atoms with E-state index in [-0.39, 0.29) is 18.4 Å². The first-order valence-electron chi connectivity index (χ1n) is 8.12. The standard InChI is InChI=1S/C18H14ClN3O4S/c19-11-3-1-10(2-4-11)17(24)20-9-16(23)22-18-21-12-7-13-14(8-15(12)27-18)26-6-5-25-13/h1-4,7-8H,5-6,9H2,(H,20,24)(H,21,22,23). The molecule has 0 atom stereocenters. The average molecular weight is 404 g/mol. The number of anilines is 1. The number of hydrogen-bond acceptors (Lipinski definition) is 6. The van der Waals surface area contributed by atoms with Crippen LogP contribution < -0.4 is 20.1 Å². The molecule has 7 nitrogen and oxygen atoms in total. The van der Waals surface area contributed by atoms with Crippen molar-refractivity contribution in [2.24, 2.45) is 0 Å². The van der Waals surface area contributed by atoms with E-state index in [0.717, 1.165) is 4.70 Å². The number of ether oxygens (including phenoxy) is 2. The molecule has 0 bridgehead atoms. The minimum absolute atomic E-state index is 0.167. The van der Waals surface area contributed by atoms with E-state index < -0.39 is 0 Å². The highest BCUT2D eigenvalue weighted by atomic mass is 35.5. The van der Waals surface area contributed by atoms with Crippen LogP contribution in [-0.4, -0.2) is 36.6 Å². The van der Waals surface area contributed by atoms with Crippen LogP contribution in [0.5, 0.6) is 11.5 Å². The van der Waals surface area contributed by atoms with Crippen molar-refractivity contribution in [3.63, 3.8) is 0 Å². The molecule has 0 saturated carbocycles. The number of halogens is 1. The molecule has 1 aliphatic heterocycles. The molecular weight excluding hydrogens is 390 g/mol. The number of hydrogen-bond donors (Lipinski definition) is 2. The van der Waals surface area contributed by atoms with Gasteiger partial charge in [0.2, 0.25) is 5.91 Å². The first-order valence-corrected chi connectivity index (χ1v) is 9.32. The number of carbonyl (C=O) groups is 2. The molecule has 4 rings (SSSR count). The van der Waals surface area contributed by atoms with Crippen LogP contribution in [0.2, 0.25) is 5.02 Å². The number of carbonyl (C=O) groups excluding carboxylic acids is 2. The monoisotopic (exact) mass is 403 g/mol. The van der Waals surface area contributed by atoms with Crippen molar-refractivity contribution in [2.75, 3.05) is 25.1 Å². The summed E-state index contributed by atoms with van der Waals surface area (Å²) in [6, 6.07) is 10.1. The van der Waals surface area contributed by atoms with Gasteiger partial charge in [-0.15, -0.1) is 0 Å². The van der Waals surface area contributed by atoms with E-state index in [4.69, 9.17) is 21.1 Å². The van der Waals surface area contributed by atoms with Crippen LogP contribution in [0.25, 0.3) is 10.2 Å². The first-order chi connectivity index (χ1) is 13.1. The topological polar surface area (TPSA) is 89.6 Å². The molecule has 2 N–H and O–H groups in total. The number of aromatic nitrogens is 1. The number of amides is 2. The fourth-order valence-corrected chi connectivity index (χ4v) is 3.56. The van der Waals surface area contributed by atoms with Gasteiger partial charge in [-0.3, -0.25) is 9.59 Å². The lowest BCUT2D eigenvalue weighted by molar-refractivity contribution is -0.115. The molecule has 27 heavy (non-hydrogen) atoms. The van der Waals surface area contributed by atoms with E-state index in [1.165, 1.54) is 11.3 Å². The Hall–Kier alpha value is -2.84. The summed E-state index contributed by atoms with van der Waals surface area (Å²) in [5.74, 6) is 0.597. The predicted octanol–water partition coefficient (Wildman–Crippen LogP) is 3.09. The molecule has 0 fully saturated rings. The van der Waals surface area contributed by atoms with E-state index in [9.17, 15) is 9.59 Å². The summed E-state index contributed by atoms with van der Waals surface area (Å²) in [6.07, 6.45) is 0. The lowest BCUT2D eigenvalue weighted by atomic mass is 10.2. The number of nitrogens with one attached hydrogen (secondary N) is 2. The van der Waals surface area contributed by atoms with Crippen LogP contribution in [0, 0.1) is 0 Å². The molecular formula is C18H14ClN3O4S. The summed E-state index contributed by atoms with van der Waals surface area (Å²) in [6.45, 7) is 0.841. The van der Waals surface area contributed by atoms with Crippen LogP contribution >= 0.6 is 22.9 Å². The van der Waals surface area contributed by atoms with Crippen LogP contribution in [0.4, 0.5) is 5.13 Å². The van der Waals surface area contributed by atoms with Gasteiger partial charge >= 0.3 is 0 Å². The number of benzene rings is 2. The largest absolute Gasteiger partial charge is 0.486 e. The molecule has 0 spiro atoms. The molecule has 0 saturated heterocycles. The lowest BCUT2D eigenvalue weighted by Crippen LogP contribution is -2.32. The highest BCUT2D eigenvalue weighted by Crippen LogP contribution is 2.37. The van der Waals surface area contributed by atoms with Gasteiger partial charge < -0.3 is 20.1 Å². The van der Waals surface area contributed by atoms with Gasteiger partial charge in [-0.25, -0.2) is 4.98 Å². The second-order valence-electron chi connectivity index (χ2n) is 5.72. The zero-order valence-electron chi connectivity index (χ0n) is 14.0. The second-order valence-corrected chi connectivity index (χ2v) is 7.19. The van der Waals surface area contributed by atoms with E-state index in [0.29, 0.717) is 45.9 Å². The van der Waals surface area contributed by atoms with Gasteiger partial charge in [0.1, 0.15) is 13.2 Å². The van der Waals surface area contributed by atoms with Crippen molar-refractivity contribution in [1.29, 1.82) is 0 Å². The van der Waals surface area contributed by atoms with Gasteiger partial charge in [0.25, 0.3) is 5.91 Å². The SMILES string of the molecule is O=C(CNC(=O)c1ccc(Cl)cc1)Nc1nc2cc3c(cc2s1)OCCO3. The number of fused-ring (bicyclic) bond motifs is 2. The Bertz CT molecular complexity index is 976. The van der Waals surface area contributed by atoms with Gasteiger partial charge in [0, 0.05) is 22.7 Å². The minimum atomic E-state index is -0.367. The van der Waals surface area contributed by atoms with E-state index in [1.807, 2.05) is 6.07 Å². The van der Waals surface area contributed by atoms with Gasteiger partial charge in [0.05, 0.1) is 16.8 Å². The minimum Gasteiger partial charge on any atom is -0.486 e. The summed E-state index contributed by atoms with van der Waals surface area (Å²) in [5, 5.41) is 6.23. The maximum Gasteiger partial charge on any atom is 0.251 e. The second kappa shape index (κ2) is 7.42. The van der Waals surface area contributed by atoms with Crippen molar-refractivity contribution in [3.05, 3.63) is 47.0 Å². The maximum atomic E-state index is 12.1. The Morgan fingerprint density at radius 3 is 2.56 bits per heavy atom. The molecule has 2 heterocycles. The first kappa shape index (κ1) is 17.6. The molecule has 0 unspecified atom stereocenters. The summed E-state index contributed by atoms with van der Waals surface area (Å²) in [4.78, 5) is 28.5. The zero-order valence-corrected chi connectivity index (χ0v) is 15.5. The number of rotatable bonds is 4. The Balaban J connectivity index is 1.39. The van der Waals surface area contributed by atoms with Crippen molar-refractivity contribution in [1.82, 2.24) is 10.3 Å². The molecule has 1 aromatic heterocycles. The summed E-state index contributed by atoms with van der Waals surface area (Å²) in [7, 11) is 0. The molecule has 138 valence electrons. The molecule has 2 amide bonds. The molecule has 2 aromatic carbocycles. The average Bonchev–Trinajstić information content (AvgIpc) is 3.05. The van der Waals surface area contributed by atoms with Gasteiger partial charge in [0.15, 0.2) is 16.6 Å². The quantitative estimate of drug-likeness (QED) is 0.698. The van der Waals surface area contributed by atoms with Crippen LogP contribution in [0.1, 0.15) is 10.4 Å². The fraction of sp³-hybridized carbons (Fsp3) is 0.167. The van der Waals surface area contributed by atoms with E-state index >= 15 is 0 Å². The number of nitrogens with zero attached hydrogens (tertiary/aromatic N) is 1. The van der Waals surface area contributed by atoms with Crippen molar-refractivity contribution in [3.8, 4) is 11.5 Å². The summed E-state index contributed by atoms with van der Waals surface area (Å²) < 4.78 is 12.0. The highest BCUT2D eigenvalue weighted by molar-refractivity contribution is 7.22. The van der Waals surface area contributed by atoms with Gasteiger partial charge in [-0.05, 0) is 24.3 Å². The van der Waals surface area contributed by atoms with Crippen LogP contribution in [0.3, 0.4) is 0 Å². The fourth-order valence-electron chi connectivity index (χ4n) is 2.55. The van der Waals surface area contributed by atoms with Gasteiger partial charge in [-0.1, -0.05) is 22.9 Å². The normalized spacial score (nSPS) is 12.6. The third-order valence-corrected chi connectivity index (χ3v) is 5.00. The smallest absolute Gasteiger partial charge is 0.251 e. The Labute approximate surface area is 163 Å². The van der Waals surface area contributed by atoms with Crippen molar-refractivity contribution < 1.29 is 19.1 Å². The van der Waals surface area contributed by atoms with Crippen LogP contribution in [-0.2, 0) is 4.79 Å². The summed E-state index contributed by atoms with van der Waals surface area (Å²) in [5.41, 5.74) is 1.14. The molecule has 0 radical (unpaired) electrons. The molecule has 3 aromatic rings. The van der Waals surface area contributed by atoms with Gasteiger partial charge in [-0.2, -0.15) is 0 Å². The summed E-state index contributed by atoms with van der Waals surface area (Å²) >= 11 is 7.12. The van der Waals surface area contributed by atoms with E-state index in [2.05, 4.69) is 15.6 Å². The zero-order chi connectivity index (χ0) is 18.8. The third kappa shape index (κ3) is 3.96. The highest BCUT2D eigenvalue weighted by Gasteiger charge is 2.16. The molecule has 1 aliphatic rings. The molecule has 9 heteroatoms. The molecule has 0 aliphatic carbocycles. The number of thiazole rings is 1. The maximum absolute atomic E-state index is 12.1. The van der Waals surface area contributed by atoms with Crippen molar-refractivity contribution in [2.45, 2.75) is 0 Å².